The molecule has 0 atom stereocenters. The van der Waals surface area contributed by atoms with Crippen molar-refractivity contribution in [3.63, 3.8) is 0 Å². The lowest BCUT2D eigenvalue weighted by Gasteiger charge is -1.99. The largest absolute Gasteiger partial charge is 0.497 e. The van der Waals surface area contributed by atoms with E-state index in [2.05, 4.69) is 4.98 Å². The van der Waals surface area contributed by atoms with Gasteiger partial charge in [0.1, 0.15) is 5.75 Å². The van der Waals surface area contributed by atoms with Crippen LogP contribution >= 0.6 is 0 Å². The van der Waals surface area contributed by atoms with Crippen LogP contribution in [0.2, 0.25) is 0 Å². The standard InChI is InChI=1S/C7H9NO2.C2H6/c1-10-7-2-3-8-6(4-7)5-9;1-2/h2-4,9H,5H2,1H3;1-2H3. The van der Waals surface area contributed by atoms with E-state index in [4.69, 9.17) is 9.84 Å². The van der Waals surface area contributed by atoms with Crippen LogP contribution in [0, 0.1) is 0 Å². The van der Waals surface area contributed by atoms with Gasteiger partial charge in [-0.1, -0.05) is 13.8 Å². The molecule has 0 saturated heterocycles. The van der Waals surface area contributed by atoms with Crippen LogP contribution < -0.4 is 4.74 Å². The van der Waals surface area contributed by atoms with Crippen molar-refractivity contribution < 1.29 is 9.84 Å². The lowest BCUT2D eigenvalue weighted by atomic mass is 10.3. The van der Waals surface area contributed by atoms with Gasteiger partial charge >= 0.3 is 0 Å². The third-order valence-corrected chi connectivity index (χ3v) is 1.19. The zero-order valence-electron chi connectivity index (χ0n) is 7.74. The van der Waals surface area contributed by atoms with E-state index in [1.807, 2.05) is 13.8 Å². The van der Waals surface area contributed by atoms with Gasteiger partial charge in [0.15, 0.2) is 0 Å². The number of aliphatic hydroxyl groups is 1. The number of ether oxygens (including phenoxy) is 1. The van der Waals surface area contributed by atoms with Gasteiger partial charge in [0.25, 0.3) is 0 Å². The Morgan fingerprint density at radius 3 is 2.67 bits per heavy atom. The Bertz CT molecular complexity index is 194. The van der Waals surface area contributed by atoms with Crippen molar-refractivity contribution in [1.29, 1.82) is 0 Å². The highest BCUT2D eigenvalue weighted by atomic mass is 16.5. The minimum Gasteiger partial charge on any atom is -0.497 e. The molecule has 3 nitrogen and oxygen atoms in total. The summed E-state index contributed by atoms with van der Waals surface area (Å²) in [4.78, 5) is 3.88. The Kier molecular flexibility index (Phi) is 6.01. The molecule has 0 bridgehead atoms. The molecular formula is C9H15NO2. The van der Waals surface area contributed by atoms with Crippen LogP contribution in [0.25, 0.3) is 0 Å². The highest BCUT2D eigenvalue weighted by molar-refractivity contribution is 5.21. The van der Waals surface area contributed by atoms with Gasteiger partial charge in [-0.3, -0.25) is 4.98 Å². The van der Waals surface area contributed by atoms with Crippen molar-refractivity contribution in [2.75, 3.05) is 7.11 Å². The van der Waals surface area contributed by atoms with Crippen LogP contribution in [0.5, 0.6) is 5.75 Å². The first-order valence-electron chi connectivity index (χ1n) is 3.96. The summed E-state index contributed by atoms with van der Waals surface area (Å²) in [6.45, 7) is 3.96. The Labute approximate surface area is 73.0 Å². The second kappa shape index (κ2) is 6.61. The molecule has 12 heavy (non-hydrogen) atoms. The number of aliphatic hydroxyl groups excluding tert-OH is 1. The molecule has 68 valence electrons. The van der Waals surface area contributed by atoms with Gasteiger partial charge in [0, 0.05) is 12.3 Å². The maximum Gasteiger partial charge on any atom is 0.122 e. The number of hydrogen-bond acceptors (Lipinski definition) is 3. The fourth-order valence-corrected chi connectivity index (χ4v) is 0.669. The van der Waals surface area contributed by atoms with Crippen LogP contribution in [0.3, 0.4) is 0 Å². The zero-order chi connectivity index (χ0) is 9.40. The van der Waals surface area contributed by atoms with Gasteiger partial charge < -0.3 is 9.84 Å². The maximum atomic E-state index is 8.64. The predicted octanol–water partition coefficient (Wildman–Crippen LogP) is 1.61. The highest BCUT2D eigenvalue weighted by Crippen LogP contribution is 2.08. The van der Waals surface area contributed by atoms with Gasteiger partial charge in [0.05, 0.1) is 19.4 Å². The molecule has 1 N–H and O–H groups in total. The quantitative estimate of drug-likeness (QED) is 0.731. The Hall–Kier alpha value is -1.09. The van der Waals surface area contributed by atoms with E-state index in [-0.39, 0.29) is 6.61 Å². The van der Waals surface area contributed by atoms with Crippen LogP contribution in [-0.4, -0.2) is 17.2 Å². The molecule has 0 aliphatic rings. The van der Waals surface area contributed by atoms with Crippen molar-refractivity contribution in [1.82, 2.24) is 4.98 Å². The maximum absolute atomic E-state index is 8.64. The summed E-state index contributed by atoms with van der Waals surface area (Å²) in [5.74, 6) is 0.721. The van der Waals surface area contributed by atoms with E-state index in [1.54, 1.807) is 25.4 Å². The summed E-state index contributed by atoms with van der Waals surface area (Å²) in [6, 6.07) is 3.43. The molecule has 0 radical (unpaired) electrons. The van der Waals surface area contributed by atoms with E-state index in [9.17, 15) is 0 Å². The van der Waals surface area contributed by atoms with Crippen molar-refractivity contribution >= 4 is 0 Å². The molecule has 0 unspecified atom stereocenters. The lowest BCUT2D eigenvalue weighted by molar-refractivity contribution is 0.276. The first-order valence-corrected chi connectivity index (χ1v) is 3.96. The number of pyridine rings is 1. The van der Waals surface area contributed by atoms with Crippen LogP contribution in [0.1, 0.15) is 19.5 Å². The van der Waals surface area contributed by atoms with E-state index in [1.165, 1.54) is 0 Å². The molecule has 0 amide bonds. The first kappa shape index (κ1) is 10.9. The fourth-order valence-electron chi connectivity index (χ4n) is 0.669. The minimum atomic E-state index is -0.0444. The molecular weight excluding hydrogens is 154 g/mol. The molecule has 3 heteroatoms. The lowest BCUT2D eigenvalue weighted by Crippen LogP contribution is -1.89. The molecule has 0 aromatic carbocycles. The van der Waals surface area contributed by atoms with Crippen molar-refractivity contribution in [2.24, 2.45) is 0 Å². The van der Waals surface area contributed by atoms with Crippen molar-refractivity contribution in [3.05, 3.63) is 24.0 Å². The molecule has 0 fully saturated rings. The van der Waals surface area contributed by atoms with Crippen LogP contribution in [-0.2, 0) is 6.61 Å². The Morgan fingerprint density at radius 1 is 1.50 bits per heavy atom. The number of aromatic nitrogens is 1. The smallest absolute Gasteiger partial charge is 0.122 e. The average molecular weight is 169 g/mol. The molecule has 1 heterocycles. The monoisotopic (exact) mass is 169 g/mol. The number of nitrogens with zero attached hydrogens (tertiary/aromatic N) is 1. The van der Waals surface area contributed by atoms with Gasteiger partial charge in [-0.25, -0.2) is 0 Å². The summed E-state index contributed by atoms with van der Waals surface area (Å²) in [7, 11) is 1.58. The zero-order valence-corrected chi connectivity index (χ0v) is 7.74. The minimum absolute atomic E-state index is 0.0444. The molecule has 1 aromatic heterocycles. The second-order valence-electron chi connectivity index (χ2n) is 1.85. The van der Waals surface area contributed by atoms with Crippen molar-refractivity contribution in [3.8, 4) is 5.75 Å². The molecule has 0 aliphatic heterocycles. The average Bonchev–Trinajstić information content (AvgIpc) is 2.21. The Balaban J connectivity index is 0.000000561. The summed E-state index contributed by atoms with van der Waals surface area (Å²) in [5, 5.41) is 8.64. The molecule has 1 aromatic rings. The number of rotatable bonds is 2. The first-order chi connectivity index (χ1) is 5.86. The van der Waals surface area contributed by atoms with Gasteiger partial charge in [-0.2, -0.15) is 0 Å². The fraction of sp³-hybridized carbons (Fsp3) is 0.444. The second-order valence-corrected chi connectivity index (χ2v) is 1.85. The molecule has 0 saturated carbocycles. The van der Waals surface area contributed by atoms with Gasteiger partial charge in [-0.05, 0) is 6.07 Å². The summed E-state index contributed by atoms with van der Waals surface area (Å²) in [6.07, 6.45) is 1.60. The summed E-state index contributed by atoms with van der Waals surface area (Å²) < 4.78 is 4.91. The third kappa shape index (κ3) is 3.34. The van der Waals surface area contributed by atoms with Gasteiger partial charge in [-0.15, -0.1) is 0 Å². The normalized spacial score (nSPS) is 8.33. The van der Waals surface area contributed by atoms with E-state index in [0.29, 0.717) is 5.69 Å². The predicted molar refractivity (Wildman–Crippen MR) is 48.1 cm³/mol. The van der Waals surface area contributed by atoms with Crippen LogP contribution in [0.4, 0.5) is 0 Å². The van der Waals surface area contributed by atoms with E-state index >= 15 is 0 Å². The van der Waals surface area contributed by atoms with Crippen LogP contribution in [0.15, 0.2) is 18.3 Å². The van der Waals surface area contributed by atoms with E-state index in [0.717, 1.165) is 5.75 Å². The molecule has 0 spiro atoms. The summed E-state index contributed by atoms with van der Waals surface area (Å²) in [5.41, 5.74) is 0.624. The van der Waals surface area contributed by atoms with E-state index < -0.39 is 0 Å². The molecule has 1 rings (SSSR count). The topological polar surface area (TPSA) is 42.4 Å². The van der Waals surface area contributed by atoms with Gasteiger partial charge in [0.2, 0.25) is 0 Å². The Morgan fingerprint density at radius 2 is 2.17 bits per heavy atom. The van der Waals surface area contributed by atoms with Crippen molar-refractivity contribution in [2.45, 2.75) is 20.5 Å². The number of methoxy groups -OCH3 is 1. The summed E-state index contributed by atoms with van der Waals surface area (Å²) >= 11 is 0. The molecule has 0 aliphatic carbocycles. The highest BCUT2D eigenvalue weighted by Gasteiger charge is 1.92. The third-order valence-electron chi connectivity index (χ3n) is 1.19. The number of hydrogen-bond donors (Lipinski definition) is 1. The SMILES string of the molecule is CC.COc1ccnc(CO)c1.